The molecule has 2 aromatic carbocycles. The highest BCUT2D eigenvalue weighted by atomic mass is 32.2. The molecule has 3 aromatic rings. The third kappa shape index (κ3) is 2.49. The van der Waals surface area contributed by atoms with Gasteiger partial charge in [0.05, 0.1) is 16.3 Å². The zero-order chi connectivity index (χ0) is 16.7. The molecule has 4 rings (SSSR count). The quantitative estimate of drug-likeness (QED) is 0.685. The highest BCUT2D eigenvalue weighted by Gasteiger charge is 2.29. The van der Waals surface area contributed by atoms with Crippen LogP contribution in [0.25, 0.3) is 11.0 Å². The van der Waals surface area contributed by atoms with Crippen LogP contribution in [0, 0.1) is 0 Å². The van der Waals surface area contributed by atoms with Gasteiger partial charge in [-0.25, -0.2) is 4.98 Å². The molecule has 0 saturated carbocycles. The monoisotopic (exact) mass is 337 g/mol. The number of aryl methyl sites for hydroxylation is 1. The second kappa shape index (κ2) is 5.98. The van der Waals surface area contributed by atoms with E-state index in [9.17, 15) is 4.79 Å². The van der Waals surface area contributed by atoms with Crippen LogP contribution in [0.2, 0.25) is 0 Å². The van der Waals surface area contributed by atoms with Crippen molar-refractivity contribution in [2.45, 2.75) is 23.8 Å². The number of aromatic nitrogens is 2. The van der Waals surface area contributed by atoms with E-state index in [0.29, 0.717) is 0 Å². The maximum atomic E-state index is 12.9. The van der Waals surface area contributed by atoms with Crippen LogP contribution < -0.4 is 4.90 Å². The molecule has 5 heteroatoms. The Balaban J connectivity index is 1.57. The van der Waals surface area contributed by atoms with Gasteiger partial charge in [-0.2, -0.15) is 0 Å². The van der Waals surface area contributed by atoms with Crippen molar-refractivity contribution in [1.82, 2.24) is 9.55 Å². The largest absolute Gasteiger partial charge is 0.322 e. The van der Waals surface area contributed by atoms with Gasteiger partial charge in [0, 0.05) is 19.3 Å². The third-order valence-corrected chi connectivity index (χ3v) is 5.66. The first kappa shape index (κ1) is 15.3. The van der Waals surface area contributed by atoms with Crippen molar-refractivity contribution in [3.63, 3.8) is 0 Å². The number of hydrogen-bond donors (Lipinski definition) is 0. The van der Waals surface area contributed by atoms with Crippen LogP contribution in [0.1, 0.15) is 12.5 Å². The zero-order valence-electron chi connectivity index (χ0n) is 13.8. The fraction of sp³-hybridized carbons (Fsp3) is 0.263. The number of anilines is 1. The second-order valence-corrected chi connectivity index (χ2v) is 7.38. The molecule has 0 N–H and O–H groups in total. The molecule has 0 spiro atoms. The van der Waals surface area contributed by atoms with Crippen molar-refractivity contribution in [1.29, 1.82) is 0 Å². The van der Waals surface area contributed by atoms with Gasteiger partial charge >= 0.3 is 0 Å². The summed E-state index contributed by atoms with van der Waals surface area (Å²) in [5.74, 6) is 0.150. The summed E-state index contributed by atoms with van der Waals surface area (Å²) in [4.78, 5) is 19.5. The Kier molecular flexibility index (Phi) is 3.81. The fourth-order valence-electron chi connectivity index (χ4n) is 3.22. The number of amides is 1. The lowest BCUT2D eigenvalue weighted by atomic mass is 10.2. The Morgan fingerprint density at radius 2 is 1.92 bits per heavy atom. The number of hydrogen-bond acceptors (Lipinski definition) is 3. The Hall–Kier alpha value is -2.27. The van der Waals surface area contributed by atoms with Gasteiger partial charge in [-0.15, -0.1) is 0 Å². The van der Waals surface area contributed by atoms with Crippen molar-refractivity contribution in [2.24, 2.45) is 7.05 Å². The van der Waals surface area contributed by atoms with Crippen LogP contribution in [-0.4, -0.2) is 27.3 Å². The lowest BCUT2D eigenvalue weighted by Crippen LogP contribution is -2.35. The van der Waals surface area contributed by atoms with Crippen LogP contribution in [0.3, 0.4) is 0 Å². The predicted molar refractivity (Wildman–Crippen MR) is 98.5 cm³/mol. The van der Waals surface area contributed by atoms with Gasteiger partial charge < -0.3 is 9.47 Å². The molecule has 0 radical (unpaired) electrons. The molecule has 0 fully saturated rings. The molecule has 0 aliphatic carbocycles. The van der Waals surface area contributed by atoms with Crippen LogP contribution in [-0.2, 0) is 18.3 Å². The number of thioether (sulfide) groups is 1. The Bertz CT molecular complexity index is 918. The minimum atomic E-state index is -0.174. The Morgan fingerprint density at radius 3 is 2.75 bits per heavy atom. The average Bonchev–Trinajstić information content (AvgIpc) is 3.16. The molecule has 0 bridgehead atoms. The van der Waals surface area contributed by atoms with Crippen molar-refractivity contribution < 1.29 is 4.79 Å². The van der Waals surface area contributed by atoms with Crippen molar-refractivity contribution >= 4 is 34.4 Å². The lowest BCUT2D eigenvalue weighted by molar-refractivity contribution is -0.117. The van der Waals surface area contributed by atoms with E-state index in [0.717, 1.165) is 34.8 Å². The summed E-state index contributed by atoms with van der Waals surface area (Å²) in [7, 11) is 2.00. The Labute approximate surface area is 145 Å². The standard InChI is InChI=1S/C19H19N3OS/c1-13(18(23)22-12-11-14-7-3-5-9-16(14)22)24-19-20-15-8-4-6-10-17(15)21(19)2/h3-10,13H,11-12H2,1-2H3. The number of fused-ring (bicyclic) bond motifs is 2. The van der Waals surface area contributed by atoms with E-state index in [1.165, 1.54) is 17.3 Å². The summed E-state index contributed by atoms with van der Waals surface area (Å²) in [6.07, 6.45) is 0.936. The average molecular weight is 337 g/mol. The molecule has 122 valence electrons. The molecule has 24 heavy (non-hydrogen) atoms. The molecule has 0 saturated heterocycles. The topological polar surface area (TPSA) is 38.1 Å². The highest BCUT2D eigenvalue weighted by Crippen LogP contribution is 2.32. The van der Waals surface area contributed by atoms with Crippen LogP contribution in [0.15, 0.2) is 53.7 Å². The second-order valence-electron chi connectivity index (χ2n) is 6.07. The van der Waals surface area contributed by atoms with Gasteiger partial charge in [0.15, 0.2) is 5.16 Å². The normalized spacial score (nSPS) is 14.8. The minimum Gasteiger partial charge on any atom is -0.322 e. The van der Waals surface area contributed by atoms with E-state index >= 15 is 0 Å². The number of para-hydroxylation sites is 3. The number of rotatable bonds is 3. The summed E-state index contributed by atoms with van der Waals surface area (Å²) in [5, 5.41) is 0.705. The van der Waals surface area contributed by atoms with E-state index in [4.69, 9.17) is 0 Å². The molecule has 4 nitrogen and oxygen atoms in total. The van der Waals surface area contributed by atoms with Gasteiger partial charge in [0.2, 0.25) is 5.91 Å². The first-order chi connectivity index (χ1) is 11.6. The van der Waals surface area contributed by atoms with E-state index in [-0.39, 0.29) is 11.2 Å². The number of nitrogens with zero attached hydrogens (tertiary/aromatic N) is 3. The maximum absolute atomic E-state index is 12.9. The van der Waals surface area contributed by atoms with Crippen LogP contribution in [0.5, 0.6) is 0 Å². The first-order valence-electron chi connectivity index (χ1n) is 8.12. The molecule has 1 aromatic heterocycles. The number of carbonyl (C=O) groups excluding carboxylic acids is 1. The molecule has 1 atom stereocenters. The molecule has 2 heterocycles. The third-order valence-electron chi connectivity index (χ3n) is 4.53. The van der Waals surface area contributed by atoms with Crippen molar-refractivity contribution in [2.75, 3.05) is 11.4 Å². The maximum Gasteiger partial charge on any atom is 0.240 e. The number of imidazole rings is 1. The lowest BCUT2D eigenvalue weighted by Gasteiger charge is -2.21. The number of carbonyl (C=O) groups is 1. The van der Waals surface area contributed by atoms with E-state index in [1.807, 2.05) is 55.3 Å². The van der Waals surface area contributed by atoms with E-state index < -0.39 is 0 Å². The van der Waals surface area contributed by atoms with Gasteiger partial charge in [-0.3, -0.25) is 4.79 Å². The molecular weight excluding hydrogens is 318 g/mol. The van der Waals surface area contributed by atoms with Gasteiger partial charge in [0.1, 0.15) is 0 Å². The zero-order valence-corrected chi connectivity index (χ0v) is 14.6. The first-order valence-corrected chi connectivity index (χ1v) is 9.00. The summed E-state index contributed by atoms with van der Waals surface area (Å²) in [5.41, 5.74) is 4.37. The van der Waals surface area contributed by atoms with Crippen LogP contribution in [0.4, 0.5) is 5.69 Å². The summed E-state index contributed by atoms with van der Waals surface area (Å²) in [6.45, 7) is 2.74. The van der Waals surface area contributed by atoms with Gasteiger partial charge in [-0.1, -0.05) is 42.1 Å². The highest BCUT2D eigenvalue weighted by molar-refractivity contribution is 8.00. The molecule has 1 unspecified atom stereocenters. The van der Waals surface area contributed by atoms with E-state index in [1.54, 1.807) is 0 Å². The predicted octanol–water partition coefficient (Wildman–Crippen LogP) is 3.64. The summed E-state index contributed by atoms with van der Waals surface area (Å²) in [6, 6.07) is 16.2. The minimum absolute atomic E-state index is 0.150. The smallest absolute Gasteiger partial charge is 0.240 e. The Morgan fingerprint density at radius 1 is 1.17 bits per heavy atom. The molecule has 1 amide bonds. The van der Waals surface area contributed by atoms with Gasteiger partial charge in [-0.05, 0) is 37.1 Å². The van der Waals surface area contributed by atoms with Crippen molar-refractivity contribution in [3.8, 4) is 0 Å². The molecule has 1 aliphatic rings. The fourth-order valence-corrected chi connectivity index (χ4v) is 4.18. The molecule has 1 aliphatic heterocycles. The van der Waals surface area contributed by atoms with Crippen LogP contribution >= 0.6 is 11.8 Å². The van der Waals surface area contributed by atoms with Crippen molar-refractivity contribution in [3.05, 3.63) is 54.1 Å². The summed E-state index contributed by atoms with van der Waals surface area (Å²) >= 11 is 1.53. The summed E-state index contributed by atoms with van der Waals surface area (Å²) < 4.78 is 2.06. The number of benzene rings is 2. The van der Waals surface area contributed by atoms with E-state index in [2.05, 4.69) is 21.7 Å². The molecular formula is C19H19N3OS. The SMILES string of the molecule is CC(Sc1nc2ccccc2n1C)C(=O)N1CCc2ccccc21. The van der Waals surface area contributed by atoms with Gasteiger partial charge in [0.25, 0.3) is 0 Å².